The molecule has 0 amide bonds. The summed E-state index contributed by atoms with van der Waals surface area (Å²) < 4.78 is 17.7. The maximum Gasteiger partial charge on any atom is 0.322 e. The minimum atomic E-state index is -0.346. The topological polar surface area (TPSA) is 38.3 Å². The van der Waals surface area contributed by atoms with Crippen LogP contribution in [0.15, 0.2) is 18.2 Å². The predicted octanol–water partition coefficient (Wildman–Crippen LogP) is 1.96. The van der Waals surface area contributed by atoms with Gasteiger partial charge in [-0.25, -0.2) is 4.39 Å². The third-order valence-corrected chi connectivity index (χ3v) is 3.19. The molecule has 1 aliphatic carbocycles. The molecule has 0 saturated heterocycles. The van der Waals surface area contributed by atoms with E-state index in [0.717, 1.165) is 24.0 Å². The highest BCUT2D eigenvalue weighted by molar-refractivity contribution is 5.75. The fourth-order valence-electron chi connectivity index (χ4n) is 2.31. The van der Waals surface area contributed by atoms with Crippen LogP contribution in [0.25, 0.3) is 0 Å². The van der Waals surface area contributed by atoms with Gasteiger partial charge in [0, 0.05) is 6.04 Å². The van der Waals surface area contributed by atoms with Crippen molar-refractivity contribution in [3.05, 3.63) is 35.1 Å². The van der Waals surface area contributed by atoms with Crippen LogP contribution >= 0.6 is 0 Å². The second-order valence-corrected chi connectivity index (χ2v) is 4.35. The number of ether oxygens (including phenoxy) is 1. The second kappa shape index (κ2) is 4.84. The number of carbonyl (C=O) groups is 1. The van der Waals surface area contributed by atoms with E-state index in [1.54, 1.807) is 19.1 Å². The van der Waals surface area contributed by atoms with Crippen molar-refractivity contribution in [3.8, 4) is 0 Å². The Morgan fingerprint density at radius 1 is 1.59 bits per heavy atom. The summed E-state index contributed by atoms with van der Waals surface area (Å²) >= 11 is 0. The van der Waals surface area contributed by atoms with E-state index in [1.165, 1.54) is 13.2 Å². The monoisotopic (exact) mass is 237 g/mol. The van der Waals surface area contributed by atoms with Crippen molar-refractivity contribution in [2.75, 3.05) is 7.11 Å². The van der Waals surface area contributed by atoms with Crippen molar-refractivity contribution in [2.45, 2.75) is 31.8 Å². The molecule has 0 aromatic heterocycles. The minimum absolute atomic E-state index is 0.111. The molecule has 4 heteroatoms. The van der Waals surface area contributed by atoms with Gasteiger partial charge in [0.1, 0.15) is 11.9 Å². The smallest absolute Gasteiger partial charge is 0.322 e. The van der Waals surface area contributed by atoms with Gasteiger partial charge in [0.25, 0.3) is 0 Å². The van der Waals surface area contributed by atoms with Crippen molar-refractivity contribution in [2.24, 2.45) is 0 Å². The number of methoxy groups -OCH3 is 1. The van der Waals surface area contributed by atoms with E-state index < -0.39 is 0 Å². The van der Waals surface area contributed by atoms with Crippen LogP contribution < -0.4 is 5.32 Å². The lowest BCUT2D eigenvalue weighted by Crippen LogP contribution is -2.36. The summed E-state index contributed by atoms with van der Waals surface area (Å²) in [6.45, 7) is 1.77. The second-order valence-electron chi connectivity index (χ2n) is 4.35. The molecule has 0 heterocycles. The van der Waals surface area contributed by atoms with Crippen LogP contribution in [0.1, 0.15) is 30.5 Å². The fraction of sp³-hybridized carbons (Fsp3) is 0.462. The number of rotatable bonds is 3. The maximum absolute atomic E-state index is 13.0. The first-order chi connectivity index (χ1) is 8.11. The number of nitrogens with one attached hydrogen (secondary N) is 1. The van der Waals surface area contributed by atoms with Gasteiger partial charge < -0.3 is 4.74 Å². The van der Waals surface area contributed by atoms with Gasteiger partial charge >= 0.3 is 5.97 Å². The first-order valence-corrected chi connectivity index (χ1v) is 5.74. The summed E-state index contributed by atoms with van der Waals surface area (Å²) in [7, 11) is 1.37. The molecule has 92 valence electrons. The molecule has 17 heavy (non-hydrogen) atoms. The average molecular weight is 237 g/mol. The van der Waals surface area contributed by atoms with Gasteiger partial charge in [0.15, 0.2) is 0 Å². The number of hydrogen-bond acceptors (Lipinski definition) is 3. The number of fused-ring (bicyclic) bond motifs is 1. The van der Waals surface area contributed by atoms with E-state index in [9.17, 15) is 9.18 Å². The molecule has 0 spiro atoms. The first kappa shape index (κ1) is 12.0. The lowest BCUT2D eigenvalue weighted by Gasteiger charge is -2.18. The van der Waals surface area contributed by atoms with E-state index in [4.69, 9.17) is 0 Å². The maximum atomic E-state index is 13.0. The third-order valence-electron chi connectivity index (χ3n) is 3.19. The van der Waals surface area contributed by atoms with Crippen molar-refractivity contribution < 1.29 is 13.9 Å². The van der Waals surface area contributed by atoms with Gasteiger partial charge in [-0.2, -0.15) is 0 Å². The summed E-state index contributed by atoms with van der Waals surface area (Å²) in [5, 5.41) is 3.21. The molecule has 1 unspecified atom stereocenters. The molecule has 3 nitrogen and oxygen atoms in total. The molecule has 1 aromatic carbocycles. The standard InChI is InChI=1S/C13H16FNO2/c1-8(13(16)17-2)15-12-6-3-9-7-10(14)4-5-11(9)12/h4-5,7-8,12,15H,3,6H2,1-2H3/t8-,12?/m0/s1. The summed E-state index contributed by atoms with van der Waals surface area (Å²) in [4.78, 5) is 11.3. The van der Waals surface area contributed by atoms with Gasteiger partial charge in [-0.05, 0) is 43.0 Å². The highest BCUT2D eigenvalue weighted by Crippen LogP contribution is 2.31. The Kier molecular flexibility index (Phi) is 3.43. The van der Waals surface area contributed by atoms with E-state index in [1.807, 2.05) is 0 Å². The van der Waals surface area contributed by atoms with Crippen LogP contribution in [0.4, 0.5) is 4.39 Å². The fourth-order valence-corrected chi connectivity index (χ4v) is 2.31. The summed E-state index contributed by atoms with van der Waals surface area (Å²) in [6.07, 6.45) is 1.73. The molecule has 2 atom stereocenters. The molecule has 1 N–H and O–H groups in total. The number of hydrogen-bond donors (Lipinski definition) is 1. The van der Waals surface area contributed by atoms with E-state index in [0.29, 0.717) is 0 Å². The van der Waals surface area contributed by atoms with Gasteiger partial charge in [-0.15, -0.1) is 0 Å². The Labute approximate surface area is 100.0 Å². The zero-order chi connectivity index (χ0) is 12.4. The van der Waals surface area contributed by atoms with Gasteiger partial charge in [0.2, 0.25) is 0 Å². The Morgan fingerprint density at radius 3 is 3.06 bits per heavy atom. The lowest BCUT2D eigenvalue weighted by atomic mass is 10.1. The summed E-state index contributed by atoms with van der Waals surface area (Å²) in [5.41, 5.74) is 2.11. The highest BCUT2D eigenvalue weighted by atomic mass is 19.1. The largest absolute Gasteiger partial charge is 0.468 e. The quantitative estimate of drug-likeness (QED) is 0.817. The van der Waals surface area contributed by atoms with Crippen molar-refractivity contribution >= 4 is 5.97 Å². The number of halogens is 1. The minimum Gasteiger partial charge on any atom is -0.468 e. The van der Waals surface area contributed by atoms with Crippen LogP contribution in [-0.2, 0) is 16.0 Å². The SMILES string of the molecule is COC(=O)[C@H](C)NC1CCc2cc(F)ccc21. The normalized spacial score (nSPS) is 19.8. The van der Waals surface area contributed by atoms with E-state index >= 15 is 0 Å². The van der Waals surface area contributed by atoms with Crippen LogP contribution in [0, 0.1) is 5.82 Å². The molecule has 0 saturated carbocycles. The number of benzene rings is 1. The van der Waals surface area contributed by atoms with Crippen molar-refractivity contribution in [3.63, 3.8) is 0 Å². The molecular formula is C13H16FNO2. The Bertz CT molecular complexity index is 433. The average Bonchev–Trinajstić information content (AvgIpc) is 2.70. The van der Waals surface area contributed by atoms with Crippen LogP contribution in [0.3, 0.4) is 0 Å². The van der Waals surface area contributed by atoms with Crippen molar-refractivity contribution in [1.29, 1.82) is 0 Å². The van der Waals surface area contributed by atoms with Crippen LogP contribution in [-0.4, -0.2) is 19.1 Å². The van der Waals surface area contributed by atoms with Gasteiger partial charge in [-0.1, -0.05) is 6.07 Å². The summed E-state index contributed by atoms with van der Waals surface area (Å²) in [6, 6.07) is 4.58. The highest BCUT2D eigenvalue weighted by Gasteiger charge is 2.26. The molecule has 1 aromatic rings. The zero-order valence-electron chi connectivity index (χ0n) is 10.00. The van der Waals surface area contributed by atoms with Gasteiger partial charge in [0.05, 0.1) is 7.11 Å². The summed E-state index contributed by atoms with van der Waals surface area (Å²) in [5.74, 6) is -0.481. The zero-order valence-corrected chi connectivity index (χ0v) is 10.00. The Balaban J connectivity index is 2.09. The molecule has 0 fully saturated rings. The third kappa shape index (κ3) is 2.47. The molecule has 0 radical (unpaired) electrons. The molecule has 2 rings (SSSR count). The lowest BCUT2D eigenvalue weighted by molar-refractivity contribution is -0.142. The number of aryl methyl sites for hydroxylation is 1. The van der Waals surface area contributed by atoms with Crippen molar-refractivity contribution in [1.82, 2.24) is 5.32 Å². The molecule has 0 aliphatic heterocycles. The number of esters is 1. The van der Waals surface area contributed by atoms with Crippen LogP contribution in [0.5, 0.6) is 0 Å². The van der Waals surface area contributed by atoms with E-state index in [-0.39, 0.29) is 23.9 Å². The number of carbonyl (C=O) groups excluding carboxylic acids is 1. The van der Waals surface area contributed by atoms with Gasteiger partial charge in [-0.3, -0.25) is 10.1 Å². The predicted molar refractivity (Wildman–Crippen MR) is 62.1 cm³/mol. The Hall–Kier alpha value is -1.42. The molecule has 1 aliphatic rings. The Morgan fingerprint density at radius 2 is 2.35 bits per heavy atom. The first-order valence-electron chi connectivity index (χ1n) is 5.74. The molecular weight excluding hydrogens is 221 g/mol. The van der Waals surface area contributed by atoms with E-state index in [2.05, 4.69) is 10.1 Å². The van der Waals surface area contributed by atoms with Crippen LogP contribution in [0.2, 0.25) is 0 Å². The molecule has 0 bridgehead atoms.